The summed E-state index contributed by atoms with van der Waals surface area (Å²) in [6.45, 7) is 16.4. The number of hydrogen-bond acceptors (Lipinski definition) is 10. The van der Waals surface area contributed by atoms with E-state index >= 15 is 0 Å². The first-order valence-corrected chi connectivity index (χ1v) is 24.1. The summed E-state index contributed by atoms with van der Waals surface area (Å²) in [6.07, 6.45) is 11.5. The highest BCUT2D eigenvalue weighted by molar-refractivity contribution is 6.74. The lowest BCUT2D eigenvalue weighted by Gasteiger charge is -2.44. The first-order valence-electron chi connectivity index (χ1n) is 21.2. The van der Waals surface area contributed by atoms with Gasteiger partial charge in [0.15, 0.2) is 8.32 Å². The molecule has 0 saturated carbocycles. The van der Waals surface area contributed by atoms with Crippen LogP contribution in [0.25, 0.3) is 0 Å². The number of unbranched alkanes of at least 4 members (excludes halogenated alkanes) is 2. The van der Waals surface area contributed by atoms with Crippen LogP contribution in [0.2, 0.25) is 18.1 Å². The maximum atomic E-state index is 13.4. The van der Waals surface area contributed by atoms with E-state index in [0.717, 1.165) is 43.4 Å². The van der Waals surface area contributed by atoms with Crippen molar-refractivity contribution in [2.24, 2.45) is 23.7 Å². The molecule has 14 heteroatoms. The highest BCUT2D eigenvalue weighted by Gasteiger charge is 2.46. The van der Waals surface area contributed by atoms with Crippen molar-refractivity contribution < 1.29 is 42.7 Å². The number of nitrogens with one attached hydrogen (secondary N) is 3. The minimum absolute atomic E-state index is 0.0540. The van der Waals surface area contributed by atoms with Gasteiger partial charge in [-0.15, -0.1) is 0 Å². The smallest absolute Gasteiger partial charge is 0.407 e. The number of carbonyl (C=O) groups excluding carboxylic acids is 6. The molecule has 58 heavy (non-hydrogen) atoms. The zero-order chi connectivity index (χ0) is 41.9. The van der Waals surface area contributed by atoms with Crippen molar-refractivity contribution in [3.05, 3.63) is 53.1 Å². The Kier molecular flexibility index (Phi) is 13.4. The number of allylic oxidation sites excluding steroid dienone is 3. The van der Waals surface area contributed by atoms with E-state index in [4.69, 9.17) is 13.9 Å². The zero-order valence-electron chi connectivity index (χ0n) is 35.2. The molecule has 316 valence electrons. The first-order chi connectivity index (χ1) is 27.4. The molecule has 3 aliphatic heterocycles. The second kappa shape index (κ2) is 17.9. The first kappa shape index (κ1) is 43.3. The number of rotatable bonds is 14. The number of alkyl carbamates (subject to hydrolysis) is 1. The largest absolute Gasteiger partial charge is 0.462 e. The summed E-state index contributed by atoms with van der Waals surface area (Å²) in [7, 11) is -2.04. The van der Waals surface area contributed by atoms with Crippen LogP contribution in [0.3, 0.4) is 0 Å². The Balaban J connectivity index is 0.960. The van der Waals surface area contributed by atoms with Crippen LogP contribution in [0, 0.1) is 23.7 Å². The number of anilines is 1. The molecular formula is C44H62N4O9Si. The molecule has 1 aromatic carbocycles. The average molecular weight is 819 g/mol. The van der Waals surface area contributed by atoms with Gasteiger partial charge >= 0.3 is 12.1 Å². The maximum Gasteiger partial charge on any atom is 0.407 e. The van der Waals surface area contributed by atoms with E-state index in [1.54, 1.807) is 18.2 Å². The molecule has 8 atom stereocenters. The van der Waals surface area contributed by atoms with Crippen molar-refractivity contribution >= 4 is 49.7 Å². The molecule has 0 radical (unpaired) electrons. The summed E-state index contributed by atoms with van der Waals surface area (Å²) in [4.78, 5) is 77.5. The number of fused-ring (bicyclic) bond motifs is 2. The molecule has 5 aliphatic rings. The van der Waals surface area contributed by atoms with Gasteiger partial charge < -0.3 is 24.5 Å². The summed E-state index contributed by atoms with van der Waals surface area (Å²) in [5, 5.41) is 8.50. The number of carbonyl (C=O) groups is 6. The number of ether oxygens (including phenoxy) is 2. The predicted molar refractivity (Wildman–Crippen MR) is 221 cm³/mol. The third-order valence-corrected chi connectivity index (χ3v) is 17.6. The van der Waals surface area contributed by atoms with Crippen LogP contribution in [0.5, 0.6) is 0 Å². The number of amides is 5. The standard InChI is InChI=1S/C44H62N4O9Si/c1-26-22-28-15-14-27(2)31(17-16-29-24-30(25-37(50)55-29)57-58(6,7)44(3,4)5)38(28)35(23-26)56-43(54)46-21-10-8-9-20-45-33-13-11-12-32-39(33)42(53)48(41(32)52)34-18-19-36(49)47-40(34)51/h11-15,22,26-27,29-31,34-35,38,45H,8-10,16-21,23-25H2,1-7H3,(H,46,54)(H,47,49,51)/t26-,27-,29+,30+,31-,34?,35-,38-/m0/s1. The number of nitrogens with zero attached hydrogens (tertiary/aromatic N) is 1. The third-order valence-electron chi connectivity index (χ3n) is 13.1. The molecule has 3 heterocycles. The van der Waals surface area contributed by atoms with Gasteiger partial charge in [-0.2, -0.15) is 0 Å². The van der Waals surface area contributed by atoms with Crippen molar-refractivity contribution in [2.45, 2.75) is 141 Å². The Morgan fingerprint density at radius 2 is 1.76 bits per heavy atom. The summed E-state index contributed by atoms with van der Waals surface area (Å²) < 4.78 is 18.7. The van der Waals surface area contributed by atoms with Crippen molar-refractivity contribution in [3.63, 3.8) is 0 Å². The van der Waals surface area contributed by atoms with Gasteiger partial charge in [0, 0.05) is 37.5 Å². The Hall–Kier alpha value is -4.30. The number of piperidine rings is 1. The molecule has 2 fully saturated rings. The topological polar surface area (TPSA) is 169 Å². The van der Waals surface area contributed by atoms with Gasteiger partial charge in [0.05, 0.1) is 23.7 Å². The third kappa shape index (κ3) is 9.76. The minimum Gasteiger partial charge on any atom is -0.462 e. The summed E-state index contributed by atoms with van der Waals surface area (Å²) in [5.41, 5.74) is 2.20. The molecule has 5 amide bonds. The van der Waals surface area contributed by atoms with Crippen molar-refractivity contribution in [2.75, 3.05) is 18.4 Å². The van der Waals surface area contributed by atoms with Crippen LogP contribution in [0.1, 0.15) is 120 Å². The fourth-order valence-electron chi connectivity index (χ4n) is 8.99. The summed E-state index contributed by atoms with van der Waals surface area (Å²) in [6, 6.07) is 3.99. The van der Waals surface area contributed by atoms with Crippen LogP contribution in [0.15, 0.2) is 42.0 Å². The normalized spacial score (nSPS) is 28.6. The lowest BCUT2D eigenvalue weighted by atomic mass is 9.65. The lowest BCUT2D eigenvalue weighted by Crippen LogP contribution is -2.54. The summed E-state index contributed by atoms with van der Waals surface area (Å²) >= 11 is 0. The molecule has 6 rings (SSSR count). The van der Waals surface area contributed by atoms with Crippen molar-refractivity contribution in [3.8, 4) is 0 Å². The van der Waals surface area contributed by atoms with Gasteiger partial charge in [0.1, 0.15) is 18.2 Å². The molecule has 1 unspecified atom stereocenters. The second-order valence-corrected chi connectivity index (χ2v) is 23.2. The fourth-order valence-corrected chi connectivity index (χ4v) is 10.4. The van der Waals surface area contributed by atoms with Gasteiger partial charge in [-0.05, 0) is 98.5 Å². The van der Waals surface area contributed by atoms with Gasteiger partial charge in [-0.1, -0.05) is 58.9 Å². The van der Waals surface area contributed by atoms with Gasteiger partial charge in [0.2, 0.25) is 11.8 Å². The summed E-state index contributed by atoms with van der Waals surface area (Å²) in [5.74, 6) is -1.50. The van der Waals surface area contributed by atoms with Crippen LogP contribution in [-0.4, -0.2) is 86.4 Å². The molecule has 0 aromatic heterocycles. The lowest BCUT2D eigenvalue weighted by molar-refractivity contribution is -0.160. The average Bonchev–Trinajstić information content (AvgIpc) is 3.39. The van der Waals surface area contributed by atoms with E-state index in [1.165, 1.54) is 5.57 Å². The minimum atomic E-state index is -2.04. The van der Waals surface area contributed by atoms with Crippen molar-refractivity contribution in [1.82, 2.24) is 15.5 Å². The maximum absolute atomic E-state index is 13.4. The van der Waals surface area contributed by atoms with E-state index in [9.17, 15) is 28.8 Å². The van der Waals surface area contributed by atoms with E-state index in [2.05, 4.69) is 81.9 Å². The van der Waals surface area contributed by atoms with E-state index in [0.29, 0.717) is 31.6 Å². The quantitative estimate of drug-likeness (QED) is 0.0766. The molecule has 2 aliphatic carbocycles. The number of esters is 1. The zero-order valence-corrected chi connectivity index (χ0v) is 36.2. The van der Waals surface area contributed by atoms with Gasteiger partial charge in [-0.3, -0.25) is 34.2 Å². The number of benzene rings is 1. The Morgan fingerprint density at radius 3 is 2.50 bits per heavy atom. The van der Waals surface area contributed by atoms with E-state index in [-0.39, 0.29) is 77.0 Å². The Labute approximate surface area is 343 Å². The number of cyclic esters (lactones) is 1. The second-order valence-electron chi connectivity index (χ2n) is 18.5. The van der Waals surface area contributed by atoms with E-state index in [1.807, 2.05) is 0 Å². The molecule has 3 N–H and O–H groups in total. The van der Waals surface area contributed by atoms with Crippen molar-refractivity contribution in [1.29, 1.82) is 0 Å². The monoisotopic (exact) mass is 818 g/mol. The van der Waals surface area contributed by atoms with Crippen LogP contribution < -0.4 is 16.0 Å². The predicted octanol–water partition coefficient (Wildman–Crippen LogP) is 7.05. The molecule has 13 nitrogen and oxygen atoms in total. The van der Waals surface area contributed by atoms with Gasteiger partial charge in [0.25, 0.3) is 11.8 Å². The Bertz CT molecular complexity index is 1840. The molecular weight excluding hydrogens is 757 g/mol. The fraction of sp³-hybridized carbons (Fsp3) is 0.636. The van der Waals surface area contributed by atoms with Crippen LogP contribution >= 0.6 is 0 Å². The SMILES string of the molecule is C[C@H]1C=C2C=C[C@H](C)[C@H](CC[C@@H]3C[C@@H](O[Si](C)(C)C(C)(C)C)CC(=O)O3)[C@H]2[C@@H](OC(=O)NCCCCCNc2cccc3c2C(=O)N(C2CCC(=O)NC2=O)C3=O)C1. The highest BCUT2D eigenvalue weighted by Crippen LogP contribution is 2.46. The number of imide groups is 2. The van der Waals surface area contributed by atoms with E-state index < -0.39 is 44.1 Å². The molecule has 0 bridgehead atoms. The Morgan fingerprint density at radius 1 is 1.00 bits per heavy atom. The number of hydrogen-bond donors (Lipinski definition) is 3. The van der Waals surface area contributed by atoms with Crippen LogP contribution in [0.4, 0.5) is 10.5 Å². The molecule has 1 aromatic rings. The van der Waals surface area contributed by atoms with Crippen LogP contribution in [-0.2, 0) is 28.3 Å². The highest BCUT2D eigenvalue weighted by atomic mass is 28.4. The van der Waals surface area contributed by atoms with Gasteiger partial charge in [-0.25, -0.2) is 4.79 Å². The molecule has 0 spiro atoms. The molecule has 2 saturated heterocycles.